The Hall–Kier alpha value is -1.65. The molecule has 1 unspecified atom stereocenters. The van der Waals surface area contributed by atoms with Crippen LogP contribution in [0.15, 0.2) is 42.5 Å². The second-order valence-corrected chi connectivity index (χ2v) is 5.36. The van der Waals surface area contributed by atoms with E-state index in [2.05, 4.69) is 18.2 Å². The molecule has 19 heavy (non-hydrogen) atoms. The first-order chi connectivity index (χ1) is 9.20. The normalized spacial score (nSPS) is 12.1. The fourth-order valence-corrected chi connectivity index (χ4v) is 2.87. The second kappa shape index (κ2) is 6.50. The molecule has 2 aromatic rings. The summed E-state index contributed by atoms with van der Waals surface area (Å²) in [4.78, 5) is 13.8. The average molecular weight is 275 g/mol. The molecule has 4 heteroatoms. The Kier molecular flexibility index (Phi) is 4.71. The number of nitrogens with two attached hydrogens (primary N) is 1. The number of rotatable bonds is 5. The topological polar surface area (TPSA) is 52.3 Å². The molecule has 1 atom stereocenters. The molecule has 0 saturated heterocycles. The molecule has 2 rings (SSSR count). The van der Waals surface area contributed by atoms with Crippen molar-refractivity contribution in [3.8, 4) is 10.4 Å². The Bertz CT molecular complexity index is 536. The molecular formula is C15H17NO2S. The van der Waals surface area contributed by atoms with E-state index in [-0.39, 0.29) is 5.97 Å². The standard InChI is InChI=1S/C15H17NO2S/c1-2-18-15(17)13(16)10-12-8-9-14(19-12)11-6-4-3-5-7-11/h3-9,13H,2,10,16H2,1H3. The molecule has 1 heterocycles. The van der Waals surface area contributed by atoms with Crippen LogP contribution in [0.25, 0.3) is 10.4 Å². The third-order valence-electron chi connectivity index (χ3n) is 2.73. The third-order valence-corrected chi connectivity index (χ3v) is 3.89. The molecule has 0 aliphatic carbocycles. The summed E-state index contributed by atoms with van der Waals surface area (Å²) in [6.07, 6.45) is 0.524. The zero-order chi connectivity index (χ0) is 13.7. The van der Waals surface area contributed by atoms with E-state index >= 15 is 0 Å². The molecule has 0 radical (unpaired) electrons. The summed E-state index contributed by atoms with van der Waals surface area (Å²) in [6.45, 7) is 2.15. The number of thiophene rings is 1. The van der Waals surface area contributed by atoms with Gasteiger partial charge in [0.15, 0.2) is 0 Å². The highest BCUT2D eigenvalue weighted by Crippen LogP contribution is 2.28. The van der Waals surface area contributed by atoms with E-state index in [1.54, 1.807) is 18.3 Å². The van der Waals surface area contributed by atoms with Crippen LogP contribution >= 0.6 is 11.3 Å². The van der Waals surface area contributed by atoms with Crippen LogP contribution in [0.2, 0.25) is 0 Å². The van der Waals surface area contributed by atoms with Crippen LogP contribution in [0.3, 0.4) is 0 Å². The number of esters is 1. The van der Waals surface area contributed by atoms with Gasteiger partial charge in [-0.15, -0.1) is 11.3 Å². The van der Waals surface area contributed by atoms with E-state index in [4.69, 9.17) is 10.5 Å². The summed E-state index contributed by atoms with van der Waals surface area (Å²) in [7, 11) is 0. The minimum atomic E-state index is -0.581. The number of hydrogen-bond donors (Lipinski definition) is 1. The zero-order valence-electron chi connectivity index (χ0n) is 10.8. The van der Waals surface area contributed by atoms with Crippen molar-refractivity contribution in [1.82, 2.24) is 0 Å². The van der Waals surface area contributed by atoms with Crippen molar-refractivity contribution < 1.29 is 9.53 Å². The number of carbonyl (C=O) groups is 1. The van der Waals surface area contributed by atoms with Crippen molar-refractivity contribution in [1.29, 1.82) is 0 Å². The predicted molar refractivity (Wildman–Crippen MR) is 78.1 cm³/mol. The molecular weight excluding hydrogens is 258 g/mol. The van der Waals surface area contributed by atoms with Crippen LogP contribution in [0.5, 0.6) is 0 Å². The first-order valence-electron chi connectivity index (χ1n) is 6.27. The molecule has 2 N–H and O–H groups in total. The molecule has 0 aliphatic rings. The first-order valence-corrected chi connectivity index (χ1v) is 7.08. The van der Waals surface area contributed by atoms with Gasteiger partial charge in [-0.3, -0.25) is 4.79 Å². The summed E-state index contributed by atoms with van der Waals surface area (Å²) >= 11 is 1.66. The Balaban J connectivity index is 2.04. The van der Waals surface area contributed by atoms with Gasteiger partial charge in [-0.2, -0.15) is 0 Å². The minimum absolute atomic E-state index is 0.336. The van der Waals surface area contributed by atoms with Crippen LogP contribution in [0.4, 0.5) is 0 Å². The zero-order valence-corrected chi connectivity index (χ0v) is 11.7. The van der Waals surface area contributed by atoms with Gasteiger partial charge < -0.3 is 10.5 Å². The highest BCUT2D eigenvalue weighted by molar-refractivity contribution is 7.15. The lowest BCUT2D eigenvalue weighted by atomic mass is 10.2. The van der Waals surface area contributed by atoms with E-state index in [0.717, 1.165) is 4.88 Å². The predicted octanol–water partition coefficient (Wildman–Crippen LogP) is 2.85. The molecule has 100 valence electrons. The summed E-state index contributed by atoms with van der Waals surface area (Å²) in [5, 5.41) is 0. The number of ether oxygens (including phenoxy) is 1. The molecule has 3 nitrogen and oxygen atoms in total. The lowest BCUT2D eigenvalue weighted by Gasteiger charge is -2.08. The van der Waals surface area contributed by atoms with Gasteiger partial charge in [-0.25, -0.2) is 0 Å². The van der Waals surface area contributed by atoms with Crippen LogP contribution in [0, 0.1) is 0 Å². The molecule has 0 saturated carbocycles. The van der Waals surface area contributed by atoms with Gasteiger partial charge in [0.05, 0.1) is 6.61 Å². The summed E-state index contributed by atoms with van der Waals surface area (Å²) in [5.41, 5.74) is 7.00. The van der Waals surface area contributed by atoms with E-state index in [0.29, 0.717) is 13.0 Å². The van der Waals surface area contributed by atoms with E-state index in [1.807, 2.05) is 24.3 Å². The van der Waals surface area contributed by atoms with Gasteiger partial charge in [0, 0.05) is 16.2 Å². The lowest BCUT2D eigenvalue weighted by Crippen LogP contribution is -2.34. The lowest BCUT2D eigenvalue weighted by molar-refractivity contribution is -0.144. The number of hydrogen-bond acceptors (Lipinski definition) is 4. The van der Waals surface area contributed by atoms with Gasteiger partial charge >= 0.3 is 5.97 Å². The highest BCUT2D eigenvalue weighted by atomic mass is 32.1. The van der Waals surface area contributed by atoms with Crippen LogP contribution < -0.4 is 5.73 Å². The van der Waals surface area contributed by atoms with Crippen molar-refractivity contribution in [3.05, 3.63) is 47.3 Å². The van der Waals surface area contributed by atoms with Crippen LogP contribution in [-0.2, 0) is 16.0 Å². The quantitative estimate of drug-likeness (QED) is 0.854. The maximum Gasteiger partial charge on any atom is 0.323 e. The molecule has 0 spiro atoms. The van der Waals surface area contributed by atoms with Gasteiger partial charge in [-0.1, -0.05) is 30.3 Å². The Morgan fingerprint density at radius 3 is 2.68 bits per heavy atom. The Morgan fingerprint density at radius 2 is 2.00 bits per heavy atom. The molecule has 1 aromatic heterocycles. The molecule has 0 bridgehead atoms. The van der Waals surface area contributed by atoms with Crippen molar-refractivity contribution in [2.24, 2.45) is 5.73 Å². The van der Waals surface area contributed by atoms with Crippen LogP contribution in [0.1, 0.15) is 11.8 Å². The first kappa shape index (κ1) is 13.8. The van der Waals surface area contributed by atoms with Crippen molar-refractivity contribution in [2.75, 3.05) is 6.61 Å². The number of carbonyl (C=O) groups excluding carboxylic acids is 1. The van der Waals surface area contributed by atoms with E-state index < -0.39 is 6.04 Å². The van der Waals surface area contributed by atoms with Gasteiger partial charge in [0.25, 0.3) is 0 Å². The fraction of sp³-hybridized carbons (Fsp3) is 0.267. The molecule has 0 aliphatic heterocycles. The maximum atomic E-state index is 11.5. The fourth-order valence-electron chi connectivity index (χ4n) is 1.79. The largest absolute Gasteiger partial charge is 0.465 e. The summed E-state index contributed by atoms with van der Waals surface area (Å²) in [6, 6.07) is 13.7. The molecule has 1 aromatic carbocycles. The Labute approximate surface area is 117 Å². The van der Waals surface area contributed by atoms with Gasteiger partial charge in [0.2, 0.25) is 0 Å². The van der Waals surface area contributed by atoms with Gasteiger partial charge in [0.1, 0.15) is 6.04 Å². The summed E-state index contributed by atoms with van der Waals surface area (Å²) < 4.78 is 4.91. The average Bonchev–Trinajstić information content (AvgIpc) is 2.88. The monoisotopic (exact) mass is 275 g/mol. The second-order valence-electron chi connectivity index (χ2n) is 4.19. The number of benzene rings is 1. The molecule has 0 amide bonds. The maximum absolute atomic E-state index is 11.5. The minimum Gasteiger partial charge on any atom is -0.465 e. The molecule has 0 fully saturated rings. The smallest absolute Gasteiger partial charge is 0.323 e. The van der Waals surface area contributed by atoms with Crippen molar-refractivity contribution in [2.45, 2.75) is 19.4 Å². The van der Waals surface area contributed by atoms with Crippen LogP contribution in [-0.4, -0.2) is 18.6 Å². The third kappa shape index (κ3) is 3.66. The SMILES string of the molecule is CCOC(=O)C(N)Cc1ccc(-c2ccccc2)s1. The van der Waals surface area contributed by atoms with Crippen molar-refractivity contribution in [3.63, 3.8) is 0 Å². The Morgan fingerprint density at radius 1 is 1.26 bits per heavy atom. The summed E-state index contributed by atoms with van der Waals surface area (Å²) in [5.74, 6) is -0.336. The van der Waals surface area contributed by atoms with E-state index in [1.165, 1.54) is 10.4 Å². The van der Waals surface area contributed by atoms with E-state index in [9.17, 15) is 4.79 Å². The van der Waals surface area contributed by atoms with Crippen molar-refractivity contribution >= 4 is 17.3 Å². The highest BCUT2D eigenvalue weighted by Gasteiger charge is 2.16. The van der Waals surface area contributed by atoms with Gasteiger partial charge in [-0.05, 0) is 24.6 Å².